The number of carbonyl (C=O) groups excluding carboxylic acids is 1. The van der Waals surface area contributed by atoms with Gasteiger partial charge in [-0.05, 0) is 64.7 Å². The molecule has 0 spiro atoms. The van der Waals surface area contributed by atoms with Crippen LogP contribution in [0.25, 0.3) is 10.9 Å². The molecule has 0 radical (unpaired) electrons. The van der Waals surface area contributed by atoms with Gasteiger partial charge in [0.05, 0.1) is 23.0 Å². The molecule has 1 fully saturated rings. The molecule has 174 valence electrons. The molecule has 0 unspecified atom stereocenters. The normalized spacial score (nSPS) is 19.3. The number of nitrogens with one attached hydrogen (secondary N) is 2. The second-order valence-electron chi connectivity index (χ2n) is 8.99. The number of hydrogen-bond acceptors (Lipinski definition) is 8. The largest absolute Gasteiger partial charge is 0.453 e. The summed E-state index contributed by atoms with van der Waals surface area (Å²) >= 11 is 0. The van der Waals surface area contributed by atoms with Crippen LogP contribution in [0.15, 0.2) is 42.6 Å². The fraction of sp³-hybridized carbons (Fsp3) is 0.440. The van der Waals surface area contributed by atoms with Gasteiger partial charge in [-0.3, -0.25) is 4.98 Å². The number of anilines is 2. The van der Waals surface area contributed by atoms with Crippen LogP contribution >= 0.6 is 0 Å². The number of nitrogens with zero attached hydrogens (tertiary/aromatic N) is 3. The third kappa shape index (κ3) is 5.76. The summed E-state index contributed by atoms with van der Waals surface area (Å²) in [5, 5.41) is 7.75. The predicted octanol–water partition coefficient (Wildman–Crippen LogP) is 4.44. The second-order valence-corrected chi connectivity index (χ2v) is 8.99. The molecule has 0 aliphatic heterocycles. The highest BCUT2D eigenvalue weighted by atomic mass is 16.5. The lowest BCUT2D eigenvalue weighted by molar-refractivity contribution is 0.0329. The first kappa shape index (κ1) is 22.9. The van der Waals surface area contributed by atoms with Gasteiger partial charge in [-0.2, -0.15) is 4.98 Å². The number of aromatic nitrogens is 3. The number of pyridine rings is 1. The van der Waals surface area contributed by atoms with Crippen molar-refractivity contribution in [3.63, 3.8) is 0 Å². The molecule has 1 aromatic carbocycles. The Hall–Kier alpha value is -3.26. The summed E-state index contributed by atoms with van der Waals surface area (Å²) in [6.07, 6.45) is 5.20. The number of ether oxygens (including phenoxy) is 1. The van der Waals surface area contributed by atoms with Crippen molar-refractivity contribution in [3.8, 4) is 0 Å². The van der Waals surface area contributed by atoms with Crippen LogP contribution in [0, 0.1) is 0 Å². The fourth-order valence-corrected chi connectivity index (χ4v) is 4.02. The number of fused-ring (bicyclic) bond motifs is 1. The molecular formula is C25H32N6O2. The van der Waals surface area contributed by atoms with Gasteiger partial charge in [0.1, 0.15) is 11.9 Å². The first-order valence-corrected chi connectivity index (χ1v) is 11.6. The van der Waals surface area contributed by atoms with Crippen LogP contribution in [0.2, 0.25) is 0 Å². The second kappa shape index (κ2) is 10.1. The fourth-order valence-electron chi connectivity index (χ4n) is 4.02. The van der Waals surface area contributed by atoms with Crippen molar-refractivity contribution < 1.29 is 9.53 Å². The number of benzene rings is 1. The molecule has 2 aromatic heterocycles. The maximum absolute atomic E-state index is 12.5. The van der Waals surface area contributed by atoms with Gasteiger partial charge in [0, 0.05) is 23.5 Å². The molecule has 1 saturated carbocycles. The molecule has 0 saturated heterocycles. The van der Waals surface area contributed by atoms with Crippen molar-refractivity contribution in [3.05, 3.63) is 53.9 Å². The summed E-state index contributed by atoms with van der Waals surface area (Å²) in [7, 11) is 0. The number of carbonyl (C=O) groups is 1. The van der Waals surface area contributed by atoms with Gasteiger partial charge < -0.3 is 21.1 Å². The summed E-state index contributed by atoms with van der Waals surface area (Å²) < 4.78 is 5.66. The molecule has 4 N–H and O–H groups in total. The first-order valence-electron chi connectivity index (χ1n) is 11.6. The van der Waals surface area contributed by atoms with Gasteiger partial charge in [-0.25, -0.2) is 9.78 Å². The molecule has 1 aliphatic rings. The molecule has 1 aliphatic carbocycles. The Morgan fingerprint density at radius 1 is 1.09 bits per heavy atom. The van der Waals surface area contributed by atoms with Gasteiger partial charge in [0.25, 0.3) is 0 Å². The van der Waals surface area contributed by atoms with Crippen molar-refractivity contribution in [1.29, 1.82) is 0 Å². The van der Waals surface area contributed by atoms with Crippen molar-refractivity contribution in [2.75, 3.05) is 10.6 Å². The lowest BCUT2D eigenvalue weighted by Crippen LogP contribution is -2.33. The van der Waals surface area contributed by atoms with E-state index < -0.39 is 6.10 Å². The van der Waals surface area contributed by atoms with E-state index in [1.807, 2.05) is 45.0 Å². The molecule has 0 bridgehead atoms. The van der Waals surface area contributed by atoms with Gasteiger partial charge >= 0.3 is 5.97 Å². The van der Waals surface area contributed by atoms with E-state index in [0.29, 0.717) is 23.2 Å². The van der Waals surface area contributed by atoms with Crippen LogP contribution in [0.5, 0.6) is 0 Å². The molecule has 0 amide bonds. The summed E-state index contributed by atoms with van der Waals surface area (Å²) in [5.74, 6) is 0.939. The molecule has 8 heteroatoms. The van der Waals surface area contributed by atoms with Crippen LogP contribution in [0.1, 0.15) is 68.6 Å². The Kier molecular flexibility index (Phi) is 7.03. The Morgan fingerprint density at radius 3 is 2.52 bits per heavy atom. The number of hydrogen-bond donors (Lipinski definition) is 3. The third-order valence-electron chi connectivity index (χ3n) is 5.84. The minimum atomic E-state index is -0.517. The highest BCUT2D eigenvalue weighted by Gasteiger charge is 2.21. The topological polar surface area (TPSA) is 115 Å². The SMILES string of the molecule is CC(C)Nc1nc(NC2CCC(N)CC2)c2cc([C@@H](C)OC(=O)c3ccccc3)ncc2n1. The van der Waals surface area contributed by atoms with E-state index in [0.717, 1.165) is 42.4 Å². The zero-order chi connectivity index (χ0) is 23.4. The maximum atomic E-state index is 12.5. The zero-order valence-corrected chi connectivity index (χ0v) is 19.4. The van der Waals surface area contributed by atoms with Crippen LogP contribution in [0.3, 0.4) is 0 Å². The smallest absolute Gasteiger partial charge is 0.338 e. The average molecular weight is 449 g/mol. The van der Waals surface area contributed by atoms with E-state index in [9.17, 15) is 4.79 Å². The summed E-state index contributed by atoms with van der Waals surface area (Å²) in [6.45, 7) is 5.92. The molecule has 3 aromatic rings. The van der Waals surface area contributed by atoms with Gasteiger partial charge in [-0.15, -0.1) is 0 Å². The highest BCUT2D eigenvalue weighted by molar-refractivity contribution is 5.91. The van der Waals surface area contributed by atoms with E-state index >= 15 is 0 Å². The number of rotatable bonds is 7. The molecule has 8 nitrogen and oxygen atoms in total. The lowest BCUT2D eigenvalue weighted by Gasteiger charge is -2.27. The first-order chi connectivity index (χ1) is 15.9. The van der Waals surface area contributed by atoms with E-state index in [1.165, 1.54) is 0 Å². The van der Waals surface area contributed by atoms with Crippen molar-refractivity contribution in [2.24, 2.45) is 5.73 Å². The Balaban J connectivity index is 1.62. The van der Waals surface area contributed by atoms with Gasteiger partial charge in [0.2, 0.25) is 5.95 Å². The Morgan fingerprint density at radius 2 is 1.82 bits per heavy atom. The minimum Gasteiger partial charge on any atom is -0.453 e. The standard InChI is InChI=1S/C25H32N6O2/c1-15(2)28-25-30-22-14-27-21(16(3)33-24(32)17-7-5-4-6-8-17)13-20(22)23(31-25)29-19-11-9-18(26)10-12-19/h4-8,13-16,18-19H,9-12,26H2,1-3H3,(H2,28,29,30,31)/t16-,18?,19?/m1/s1. The van der Waals surface area contributed by atoms with E-state index in [2.05, 4.69) is 20.6 Å². The molecule has 4 rings (SSSR count). The van der Waals surface area contributed by atoms with Crippen LogP contribution in [-0.2, 0) is 4.74 Å². The summed E-state index contributed by atoms with van der Waals surface area (Å²) in [6, 6.07) is 11.6. The highest BCUT2D eigenvalue weighted by Crippen LogP contribution is 2.29. The minimum absolute atomic E-state index is 0.202. The van der Waals surface area contributed by atoms with Crippen molar-refractivity contribution in [1.82, 2.24) is 15.0 Å². The monoisotopic (exact) mass is 448 g/mol. The Bertz CT molecular complexity index is 1100. The predicted molar refractivity (Wildman–Crippen MR) is 130 cm³/mol. The third-order valence-corrected chi connectivity index (χ3v) is 5.84. The summed E-state index contributed by atoms with van der Waals surface area (Å²) in [5.41, 5.74) is 7.97. The van der Waals surface area contributed by atoms with Gasteiger partial charge in [0.15, 0.2) is 0 Å². The molecule has 1 atom stereocenters. The molecule has 2 heterocycles. The van der Waals surface area contributed by atoms with E-state index in [4.69, 9.17) is 15.5 Å². The molecular weight excluding hydrogens is 416 g/mol. The number of esters is 1. The number of nitrogens with two attached hydrogens (primary N) is 1. The van der Waals surface area contributed by atoms with Crippen LogP contribution in [0.4, 0.5) is 11.8 Å². The van der Waals surface area contributed by atoms with Crippen LogP contribution < -0.4 is 16.4 Å². The summed E-state index contributed by atoms with van der Waals surface area (Å²) in [4.78, 5) is 26.4. The maximum Gasteiger partial charge on any atom is 0.338 e. The zero-order valence-electron chi connectivity index (χ0n) is 19.4. The quantitative estimate of drug-likeness (QED) is 0.454. The van der Waals surface area contributed by atoms with Crippen molar-refractivity contribution in [2.45, 2.75) is 70.7 Å². The Labute approximate surface area is 194 Å². The van der Waals surface area contributed by atoms with E-state index in [-0.39, 0.29) is 18.1 Å². The molecule has 33 heavy (non-hydrogen) atoms. The van der Waals surface area contributed by atoms with E-state index in [1.54, 1.807) is 18.3 Å². The van der Waals surface area contributed by atoms with Gasteiger partial charge in [-0.1, -0.05) is 18.2 Å². The van der Waals surface area contributed by atoms with Crippen LogP contribution in [-0.4, -0.2) is 39.0 Å². The lowest BCUT2D eigenvalue weighted by atomic mass is 9.92. The average Bonchev–Trinajstić information content (AvgIpc) is 2.80. The van der Waals surface area contributed by atoms with Crippen molar-refractivity contribution >= 4 is 28.6 Å².